The van der Waals surface area contributed by atoms with Crippen molar-refractivity contribution in [2.24, 2.45) is 0 Å². The summed E-state index contributed by atoms with van der Waals surface area (Å²) < 4.78 is 11.1. The number of hydrogen-bond donors (Lipinski definition) is 2. The molecule has 2 N–H and O–H groups in total. The van der Waals surface area contributed by atoms with E-state index in [1.165, 1.54) is 12.4 Å². The van der Waals surface area contributed by atoms with Crippen LogP contribution in [0.25, 0.3) is 0 Å². The van der Waals surface area contributed by atoms with Crippen molar-refractivity contribution in [1.29, 1.82) is 0 Å². The first-order valence-electron chi connectivity index (χ1n) is 7.31. The summed E-state index contributed by atoms with van der Waals surface area (Å²) in [7, 11) is 0. The maximum Gasteiger partial charge on any atom is 0.325 e. The molecule has 0 saturated heterocycles. The fourth-order valence-electron chi connectivity index (χ4n) is 2.03. The molecular formula is C16H15ClN4O3. The number of halogens is 1. The first-order valence-corrected chi connectivity index (χ1v) is 7.69. The van der Waals surface area contributed by atoms with Crippen LogP contribution in [-0.4, -0.2) is 29.2 Å². The Morgan fingerprint density at radius 3 is 2.96 bits per heavy atom. The van der Waals surface area contributed by atoms with Crippen molar-refractivity contribution in [3.63, 3.8) is 0 Å². The lowest BCUT2D eigenvalue weighted by molar-refractivity contribution is 0.261. The Morgan fingerprint density at radius 1 is 1.12 bits per heavy atom. The van der Waals surface area contributed by atoms with Gasteiger partial charge in [-0.1, -0.05) is 23.8 Å². The zero-order valence-corrected chi connectivity index (χ0v) is 13.4. The van der Waals surface area contributed by atoms with Crippen LogP contribution in [0, 0.1) is 0 Å². The fraction of sp³-hybridized carbons (Fsp3) is 0.188. The molecule has 0 aliphatic carbocycles. The van der Waals surface area contributed by atoms with E-state index in [0.29, 0.717) is 42.0 Å². The monoisotopic (exact) mass is 346 g/mol. The van der Waals surface area contributed by atoms with Crippen LogP contribution in [0.1, 0.15) is 6.42 Å². The molecule has 2 heterocycles. The molecule has 0 atom stereocenters. The number of fused-ring (bicyclic) bond motifs is 3. The highest BCUT2D eigenvalue weighted by atomic mass is 35.5. The zero-order valence-electron chi connectivity index (χ0n) is 12.7. The van der Waals surface area contributed by atoms with Crippen molar-refractivity contribution in [2.75, 3.05) is 23.8 Å². The third kappa shape index (κ3) is 4.36. The second kappa shape index (κ2) is 7.65. The average Bonchev–Trinajstić information content (AvgIpc) is 2.55. The molecule has 1 aromatic heterocycles. The summed E-state index contributed by atoms with van der Waals surface area (Å²) in [6, 6.07) is 4.55. The van der Waals surface area contributed by atoms with Crippen LogP contribution in [0.4, 0.5) is 16.3 Å². The first kappa shape index (κ1) is 16.1. The van der Waals surface area contributed by atoms with Crippen LogP contribution in [-0.2, 0) is 0 Å². The standard InChI is InChI=1S/C16H15ClN4O3/c17-11-4-5-13-12(8-11)19-16(22)21-14-9-18-10-15(20-14)24-7-3-1-2-6-23-13/h1,3-5,8-10H,2,6-7H2,(H2,19,20,21,22)/b3-1-. The fourth-order valence-corrected chi connectivity index (χ4v) is 2.20. The van der Waals surface area contributed by atoms with Gasteiger partial charge in [0.1, 0.15) is 12.4 Å². The Kier molecular flexibility index (Phi) is 5.12. The van der Waals surface area contributed by atoms with Crippen molar-refractivity contribution in [1.82, 2.24) is 9.97 Å². The van der Waals surface area contributed by atoms with Gasteiger partial charge in [0.15, 0.2) is 5.82 Å². The SMILES string of the molecule is O=C1Nc2cncc(n2)OC/C=C\CCOc2ccc(Cl)cc2N1. The highest BCUT2D eigenvalue weighted by molar-refractivity contribution is 6.31. The summed E-state index contributed by atoms with van der Waals surface area (Å²) in [6.45, 7) is 0.818. The molecule has 2 amide bonds. The number of benzene rings is 1. The number of ether oxygens (including phenoxy) is 2. The smallest absolute Gasteiger partial charge is 0.325 e. The number of nitrogens with one attached hydrogen (secondary N) is 2. The summed E-state index contributed by atoms with van der Waals surface area (Å²) in [4.78, 5) is 20.3. The van der Waals surface area contributed by atoms with E-state index in [-0.39, 0.29) is 5.82 Å². The zero-order chi connectivity index (χ0) is 16.8. The van der Waals surface area contributed by atoms with Gasteiger partial charge in [0, 0.05) is 5.02 Å². The quantitative estimate of drug-likeness (QED) is 0.713. The highest BCUT2D eigenvalue weighted by Gasteiger charge is 2.11. The van der Waals surface area contributed by atoms with Gasteiger partial charge in [-0.15, -0.1) is 0 Å². The predicted molar refractivity (Wildman–Crippen MR) is 90.9 cm³/mol. The Hall–Kier alpha value is -2.80. The molecule has 7 nitrogen and oxygen atoms in total. The molecule has 0 fully saturated rings. The van der Waals surface area contributed by atoms with Gasteiger partial charge in [-0.3, -0.25) is 10.3 Å². The molecule has 124 valence electrons. The maximum absolute atomic E-state index is 12.2. The second-order valence-corrected chi connectivity index (χ2v) is 5.32. The van der Waals surface area contributed by atoms with Crippen LogP contribution < -0.4 is 20.1 Å². The number of amides is 2. The topological polar surface area (TPSA) is 85.4 Å². The van der Waals surface area contributed by atoms with Crippen LogP contribution >= 0.6 is 11.6 Å². The van der Waals surface area contributed by atoms with Crippen LogP contribution in [0.5, 0.6) is 11.6 Å². The molecule has 24 heavy (non-hydrogen) atoms. The molecule has 0 spiro atoms. The highest BCUT2D eigenvalue weighted by Crippen LogP contribution is 2.28. The normalized spacial score (nSPS) is 16.1. The molecule has 0 unspecified atom stereocenters. The molecular weight excluding hydrogens is 332 g/mol. The maximum atomic E-state index is 12.2. The van der Waals surface area contributed by atoms with E-state index >= 15 is 0 Å². The minimum atomic E-state index is -0.485. The molecule has 0 saturated carbocycles. The van der Waals surface area contributed by atoms with Gasteiger partial charge in [0.25, 0.3) is 0 Å². The van der Waals surface area contributed by atoms with E-state index in [4.69, 9.17) is 21.1 Å². The molecule has 8 heteroatoms. The number of anilines is 2. The first-order chi connectivity index (χ1) is 11.7. The van der Waals surface area contributed by atoms with Crippen LogP contribution in [0.3, 0.4) is 0 Å². The average molecular weight is 347 g/mol. The molecule has 1 aliphatic rings. The number of urea groups is 1. The van der Waals surface area contributed by atoms with Crippen molar-refractivity contribution in [3.8, 4) is 11.6 Å². The predicted octanol–water partition coefficient (Wildman–Crippen LogP) is 3.49. The van der Waals surface area contributed by atoms with Crippen LogP contribution in [0.15, 0.2) is 42.7 Å². The Bertz CT molecular complexity index is 767. The van der Waals surface area contributed by atoms with E-state index < -0.39 is 6.03 Å². The lowest BCUT2D eigenvalue weighted by Crippen LogP contribution is -2.21. The second-order valence-electron chi connectivity index (χ2n) is 4.88. The lowest BCUT2D eigenvalue weighted by atomic mass is 10.3. The van der Waals surface area contributed by atoms with Crippen LogP contribution in [0.2, 0.25) is 5.02 Å². The van der Waals surface area contributed by atoms with Gasteiger partial charge in [0.05, 0.1) is 24.7 Å². The van der Waals surface area contributed by atoms with Crippen molar-refractivity contribution < 1.29 is 14.3 Å². The number of hydrogen-bond acceptors (Lipinski definition) is 5. The van der Waals surface area contributed by atoms with Gasteiger partial charge in [-0.2, -0.15) is 4.98 Å². The van der Waals surface area contributed by atoms with Gasteiger partial charge >= 0.3 is 6.03 Å². The Morgan fingerprint density at radius 2 is 2.04 bits per heavy atom. The van der Waals surface area contributed by atoms with E-state index in [1.807, 2.05) is 12.2 Å². The number of aromatic nitrogens is 2. The van der Waals surface area contributed by atoms with E-state index in [9.17, 15) is 4.79 Å². The largest absolute Gasteiger partial charge is 0.491 e. The Balaban J connectivity index is 1.86. The van der Waals surface area contributed by atoms with Gasteiger partial charge < -0.3 is 14.8 Å². The summed E-state index contributed by atoms with van der Waals surface area (Å²) >= 11 is 6.00. The van der Waals surface area contributed by atoms with Gasteiger partial charge in [0.2, 0.25) is 5.88 Å². The number of carbonyl (C=O) groups excluding carboxylic acids is 1. The van der Waals surface area contributed by atoms with Gasteiger partial charge in [-0.05, 0) is 24.6 Å². The van der Waals surface area contributed by atoms with Crippen molar-refractivity contribution in [3.05, 3.63) is 47.8 Å². The minimum absolute atomic E-state index is 0.272. The minimum Gasteiger partial charge on any atom is -0.491 e. The molecule has 2 aromatic rings. The number of rotatable bonds is 0. The number of carbonyl (C=O) groups is 1. The molecule has 1 aliphatic heterocycles. The van der Waals surface area contributed by atoms with E-state index in [0.717, 1.165) is 0 Å². The van der Waals surface area contributed by atoms with E-state index in [2.05, 4.69) is 20.6 Å². The van der Waals surface area contributed by atoms with E-state index in [1.54, 1.807) is 18.2 Å². The molecule has 0 radical (unpaired) electrons. The summed E-state index contributed by atoms with van der Waals surface area (Å²) in [6.07, 6.45) is 7.42. The third-order valence-corrected chi connectivity index (χ3v) is 3.32. The summed E-state index contributed by atoms with van der Waals surface area (Å²) in [5.41, 5.74) is 0.471. The Labute approximate surface area is 143 Å². The molecule has 1 aromatic carbocycles. The third-order valence-electron chi connectivity index (χ3n) is 3.08. The van der Waals surface area contributed by atoms with Crippen molar-refractivity contribution >= 4 is 29.1 Å². The van der Waals surface area contributed by atoms with Crippen molar-refractivity contribution in [2.45, 2.75) is 6.42 Å². The summed E-state index contributed by atoms with van der Waals surface area (Å²) in [5, 5.41) is 5.78. The number of nitrogens with zero attached hydrogens (tertiary/aromatic N) is 2. The summed E-state index contributed by atoms with van der Waals surface area (Å²) in [5.74, 6) is 1.13. The molecule has 3 rings (SSSR count). The van der Waals surface area contributed by atoms with Gasteiger partial charge in [-0.25, -0.2) is 4.79 Å². The lowest BCUT2D eigenvalue weighted by Gasteiger charge is -2.13. The molecule has 2 bridgehead atoms.